The minimum Gasteiger partial charge on any atom is -0.356 e. The zero-order valence-electron chi connectivity index (χ0n) is 13.6. The molecule has 136 valence electrons. The monoisotopic (exact) mass is 393 g/mol. The van der Waals surface area contributed by atoms with Gasteiger partial charge < -0.3 is 10.6 Å². The Morgan fingerprint density at radius 1 is 1.29 bits per heavy atom. The molecule has 1 aromatic rings. The standard InChI is InChI=1S/C15H23N3O3S2.ClH/c1-10(19)16-7-6-14-4-5-15(22-14)23(20,21)18-13-8-11-2-3-12(9-13)17-11;/h4-5,11-13,17-18H,2-3,6-9H2,1H3,(H,16,19);1H. The van der Waals surface area contributed by atoms with Crippen LogP contribution in [0.1, 0.15) is 37.5 Å². The molecule has 9 heteroatoms. The molecule has 2 fully saturated rings. The molecule has 3 N–H and O–H groups in total. The number of hydrogen-bond acceptors (Lipinski definition) is 5. The molecule has 2 atom stereocenters. The second kappa shape index (κ2) is 8.14. The van der Waals surface area contributed by atoms with Crippen molar-refractivity contribution in [2.75, 3.05) is 6.54 Å². The van der Waals surface area contributed by atoms with Crippen LogP contribution in [0.3, 0.4) is 0 Å². The zero-order chi connectivity index (χ0) is 16.4. The van der Waals surface area contributed by atoms with Gasteiger partial charge in [0.05, 0.1) is 0 Å². The third-order valence-corrected chi connectivity index (χ3v) is 7.60. The van der Waals surface area contributed by atoms with E-state index in [-0.39, 0.29) is 24.4 Å². The molecule has 2 aliphatic rings. The molecule has 3 rings (SSSR count). The van der Waals surface area contributed by atoms with Crippen molar-refractivity contribution in [1.29, 1.82) is 0 Å². The summed E-state index contributed by atoms with van der Waals surface area (Å²) < 4.78 is 28.3. The third-order valence-electron chi connectivity index (χ3n) is 4.44. The highest BCUT2D eigenvalue weighted by Gasteiger charge is 2.35. The summed E-state index contributed by atoms with van der Waals surface area (Å²) in [7, 11) is -3.45. The van der Waals surface area contributed by atoms with Crippen LogP contribution in [0.2, 0.25) is 0 Å². The van der Waals surface area contributed by atoms with E-state index in [2.05, 4.69) is 15.4 Å². The number of thiophene rings is 1. The van der Waals surface area contributed by atoms with Crippen LogP contribution in [0.5, 0.6) is 0 Å². The molecule has 0 aliphatic carbocycles. The van der Waals surface area contributed by atoms with E-state index in [1.165, 1.54) is 18.3 Å². The largest absolute Gasteiger partial charge is 0.356 e. The predicted octanol–water partition coefficient (Wildman–Crippen LogP) is 1.41. The maximum atomic E-state index is 12.5. The minimum absolute atomic E-state index is 0. The number of rotatable bonds is 6. The fourth-order valence-electron chi connectivity index (χ4n) is 3.43. The van der Waals surface area contributed by atoms with Crippen LogP contribution >= 0.6 is 23.7 Å². The predicted molar refractivity (Wildman–Crippen MR) is 97.2 cm³/mol. The van der Waals surface area contributed by atoms with Gasteiger partial charge in [0, 0.05) is 36.5 Å². The summed E-state index contributed by atoms with van der Waals surface area (Å²) in [5.74, 6) is -0.0726. The van der Waals surface area contributed by atoms with E-state index in [0.29, 0.717) is 29.3 Å². The number of piperidine rings is 1. The van der Waals surface area contributed by atoms with Crippen LogP contribution in [0.4, 0.5) is 0 Å². The average molecular weight is 394 g/mol. The van der Waals surface area contributed by atoms with Crippen LogP contribution in [0.15, 0.2) is 16.3 Å². The first-order valence-electron chi connectivity index (χ1n) is 8.04. The van der Waals surface area contributed by atoms with E-state index in [0.717, 1.165) is 30.6 Å². The van der Waals surface area contributed by atoms with Crippen molar-refractivity contribution < 1.29 is 13.2 Å². The molecule has 2 aliphatic heterocycles. The Kier molecular flexibility index (Phi) is 6.66. The third kappa shape index (κ3) is 4.92. The quantitative estimate of drug-likeness (QED) is 0.682. The van der Waals surface area contributed by atoms with Crippen molar-refractivity contribution >= 4 is 39.7 Å². The first-order valence-corrected chi connectivity index (χ1v) is 10.3. The van der Waals surface area contributed by atoms with Gasteiger partial charge in [0.1, 0.15) is 4.21 Å². The lowest BCUT2D eigenvalue weighted by Crippen LogP contribution is -2.47. The van der Waals surface area contributed by atoms with E-state index in [9.17, 15) is 13.2 Å². The maximum absolute atomic E-state index is 12.5. The van der Waals surface area contributed by atoms with Crippen LogP contribution in [0, 0.1) is 0 Å². The Balaban J connectivity index is 0.00000208. The first kappa shape index (κ1) is 19.7. The summed E-state index contributed by atoms with van der Waals surface area (Å²) in [5, 5.41) is 6.24. The number of fused-ring (bicyclic) bond motifs is 2. The highest BCUT2D eigenvalue weighted by molar-refractivity contribution is 7.91. The Hall–Kier alpha value is -0.670. The van der Waals surface area contributed by atoms with Gasteiger partial charge in [-0.2, -0.15) is 0 Å². The van der Waals surface area contributed by atoms with E-state index in [1.807, 2.05) is 6.07 Å². The van der Waals surface area contributed by atoms with Gasteiger partial charge in [-0.3, -0.25) is 4.79 Å². The summed E-state index contributed by atoms with van der Waals surface area (Å²) >= 11 is 1.28. The van der Waals surface area contributed by atoms with Gasteiger partial charge in [-0.15, -0.1) is 23.7 Å². The normalized spacial score (nSPS) is 26.0. The summed E-state index contributed by atoms with van der Waals surface area (Å²) in [6.07, 6.45) is 4.69. The molecule has 24 heavy (non-hydrogen) atoms. The highest BCUT2D eigenvalue weighted by atomic mass is 35.5. The smallest absolute Gasteiger partial charge is 0.250 e. The van der Waals surface area contributed by atoms with Crippen molar-refractivity contribution in [3.8, 4) is 0 Å². The zero-order valence-corrected chi connectivity index (χ0v) is 16.0. The number of sulfonamides is 1. The summed E-state index contributed by atoms with van der Waals surface area (Å²) in [6.45, 7) is 2.00. The number of halogens is 1. The molecular formula is C15H24ClN3O3S2. The van der Waals surface area contributed by atoms with E-state index < -0.39 is 10.0 Å². The molecule has 1 aromatic heterocycles. The fourth-order valence-corrected chi connectivity index (χ4v) is 6.06. The van der Waals surface area contributed by atoms with Gasteiger partial charge in [-0.05, 0) is 44.2 Å². The molecule has 2 saturated heterocycles. The van der Waals surface area contributed by atoms with Crippen molar-refractivity contribution in [3.05, 3.63) is 17.0 Å². The Morgan fingerprint density at radius 3 is 2.58 bits per heavy atom. The Bertz CT molecular complexity index is 665. The van der Waals surface area contributed by atoms with Crippen molar-refractivity contribution in [2.45, 2.75) is 61.4 Å². The van der Waals surface area contributed by atoms with Crippen LogP contribution in [-0.2, 0) is 21.2 Å². The van der Waals surface area contributed by atoms with Gasteiger partial charge in [0.25, 0.3) is 0 Å². The lowest BCUT2D eigenvalue weighted by atomic mass is 10.0. The first-order chi connectivity index (χ1) is 10.9. The molecule has 6 nitrogen and oxygen atoms in total. The highest BCUT2D eigenvalue weighted by Crippen LogP contribution is 2.29. The van der Waals surface area contributed by atoms with E-state index >= 15 is 0 Å². The summed E-state index contributed by atoms with van der Waals surface area (Å²) in [4.78, 5) is 11.8. The SMILES string of the molecule is CC(=O)NCCc1ccc(S(=O)(=O)NC2CC3CCC(C2)N3)s1.Cl. The Labute approximate surface area is 153 Å². The molecule has 2 bridgehead atoms. The van der Waals surface area contributed by atoms with Crippen LogP contribution in [0.25, 0.3) is 0 Å². The number of amides is 1. The second-order valence-corrected chi connectivity index (χ2v) is 9.49. The number of nitrogens with one attached hydrogen (secondary N) is 3. The molecule has 0 aromatic carbocycles. The van der Waals surface area contributed by atoms with Crippen molar-refractivity contribution in [2.24, 2.45) is 0 Å². The number of hydrogen-bond donors (Lipinski definition) is 3. The van der Waals surface area contributed by atoms with E-state index in [4.69, 9.17) is 0 Å². The molecular weight excluding hydrogens is 370 g/mol. The average Bonchev–Trinajstić information content (AvgIpc) is 3.05. The lowest BCUT2D eigenvalue weighted by Gasteiger charge is -2.29. The summed E-state index contributed by atoms with van der Waals surface area (Å²) in [5.41, 5.74) is 0. The fraction of sp³-hybridized carbons (Fsp3) is 0.667. The van der Waals surface area contributed by atoms with Gasteiger partial charge >= 0.3 is 0 Å². The van der Waals surface area contributed by atoms with Crippen molar-refractivity contribution in [1.82, 2.24) is 15.4 Å². The summed E-state index contributed by atoms with van der Waals surface area (Å²) in [6, 6.07) is 4.43. The second-order valence-electron chi connectivity index (χ2n) is 6.38. The molecule has 2 unspecified atom stereocenters. The lowest BCUT2D eigenvalue weighted by molar-refractivity contribution is -0.118. The molecule has 3 heterocycles. The molecule has 0 radical (unpaired) electrons. The van der Waals surface area contributed by atoms with Crippen LogP contribution < -0.4 is 15.4 Å². The molecule has 0 spiro atoms. The topological polar surface area (TPSA) is 87.3 Å². The van der Waals surface area contributed by atoms with Gasteiger partial charge in [0.15, 0.2) is 0 Å². The van der Waals surface area contributed by atoms with Crippen LogP contribution in [-0.4, -0.2) is 39.0 Å². The van der Waals surface area contributed by atoms with Gasteiger partial charge in [0.2, 0.25) is 15.9 Å². The van der Waals surface area contributed by atoms with Crippen molar-refractivity contribution in [3.63, 3.8) is 0 Å². The molecule has 1 amide bonds. The number of carbonyl (C=O) groups is 1. The minimum atomic E-state index is -3.45. The van der Waals surface area contributed by atoms with E-state index in [1.54, 1.807) is 6.07 Å². The maximum Gasteiger partial charge on any atom is 0.250 e. The number of carbonyl (C=O) groups excluding carboxylic acids is 1. The Morgan fingerprint density at radius 2 is 1.96 bits per heavy atom. The molecule has 0 saturated carbocycles. The van der Waals surface area contributed by atoms with Gasteiger partial charge in [-0.1, -0.05) is 0 Å². The van der Waals surface area contributed by atoms with Gasteiger partial charge in [-0.25, -0.2) is 13.1 Å².